The molecule has 2 atom stereocenters. The van der Waals surface area contributed by atoms with Crippen LogP contribution in [0.5, 0.6) is 0 Å². The summed E-state index contributed by atoms with van der Waals surface area (Å²) in [5, 5.41) is 0. The molecule has 0 aliphatic carbocycles. The summed E-state index contributed by atoms with van der Waals surface area (Å²) in [6, 6.07) is 13.3. The SMILES string of the molecule is COC(=O)[C@@H]1CCCN1C(=O)c1ccccc1SSc1ccccc1C(=O)N1CCC[C@H]1C(=O)OC. The highest BCUT2D eigenvalue weighted by Crippen LogP contribution is 2.41. The van der Waals surface area contributed by atoms with Crippen LogP contribution in [0.3, 0.4) is 0 Å². The van der Waals surface area contributed by atoms with Crippen molar-refractivity contribution in [2.75, 3.05) is 27.3 Å². The maximum absolute atomic E-state index is 13.4. The third kappa shape index (κ3) is 5.39. The van der Waals surface area contributed by atoms with Gasteiger partial charge < -0.3 is 19.3 Å². The number of carbonyl (C=O) groups is 4. The second kappa shape index (κ2) is 11.8. The Balaban J connectivity index is 1.53. The van der Waals surface area contributed by atoms with Crippen LogP contribution in [0.2, 0.25) is 0 Å². The van der Waals surface area contributed by atoms with E-state index in [-0.39, 0.29) is 11.8 Å². The Morgan fingerprint density at radius 1 is 0.694 bits per heavy atom. The highest BCUT2D eigenvalue weighted by Gasteiger charge is 2.37. The molecule has 2 aliphatic heterocycles. The summed E-state index contributed by atoms with van der Waals surface area (Å²) in [6.07, 6.45) is 2.66. The van der Waals surface area contributed by atoms with Gasteiger partial charge in [-0.3, -0.25) is 9.59 Å². The van der Waals surface area contributed by atoms with Crippen molar-refractivity contribution in [3.8, 4) is 0 Å². The molecule has 0 N–H and O–H groups in total. The first kappa shape index (κ1) is 26.1. The van der Waals surface area contributed by atoms with E-state index in [0.29, 0.717) is 37.1 Å². The van der Waals surface area contributed by atoms with Crippen LogP contribution in [0.1, 0.15) is 46.4 Å². The third-order valence-corrected chi connectivity index (χ3v) is 8.91. The van der Waals surface area contributed by atoms with Crippen molar-refractivity contribution in [3.05, 3.63) is 59.7 Å². The van der Waals surface area contributed by atoms with Gasteiger partial charge in [0, 0.05) is 22.9 Å². The molecule has 4 rings (SSSR count). The lowest BCUT2D eigenvalue weighted by Crippen LogP contribution is -2.41. The van der Waals surface area contributed by atoms with Gasteiger partial charge in [-0.15, -0.1) is 0 Å². The number of likely N-dealkylation sites (tertiary alicyclic amines) is 2. The van der Waals surface area contributed by atoms with E-state index in [1.165, 1.54) is 35.8 Å². The van der Waals surface area contributed by atoms with Crippen LogP contribution in [0.25, 0.3) is 0 Å². The smallest absolute Gasteiger partial charge is 0.328 e. The quantitative estimate of drug-likeness (QED) is 0.393. The van der Waals surface area contributed by atoms with Crippen molar-refractivity contribution in [2.24, 2.45) is 0 Å². The number of methoxy groups -OCH3 is 2. The fourth-order valence-corrected chi connectivity index (χ4v) is 6.96. The molecule has 2 aromatic rings. The van der Waals surface area contributed by atoms with E-state index >= 15 is 0 Å². The molecule has 36 heavy (non-hydrogen) atoms. The van der Waals surface area contributed by atoms with Crippen LogP contribution in [0.4, 0.5) is 0 Å². The molecule has 0 aromatic heterocycles. The number of ether oxygens (including phenoxy) is 2. The second-order valence-corrected chi connectivity index (χ2v) is 10.7. The summed E-state index contributed by atoms with van der Waals surface area (Å²) in [5.74, 6) is -1.23. The Labute approximate surface area is 218 Å². The first-order valence-electron chi connectivity index (χ1n) is 11.8. The Hall–Kier alpha value is -2.98. The molecular weight excluding hydrogens is 500 g/mol. The number of amides is 2. The van der Waals surface area contributed by atoms with E-state index in [4.69, 9.17) is 9.47 Å². The predicted molar refractivity (Wildman–Crippen MR) is 137 cm³/mol. The number of hydrogen-bond acceptors (Lipinski definition) is 8. The fraction of sp³-hybridized carbons (Fsp3) is 0.385. The molecule has 190 valence electrons. The van der Waals surface area contributed by atoms with Crippen LogP contribution in [0.15, 0.2) is 58.3 Å². The van der Waals surface area contributed by atoms with Crippen molar-refractivity contribution in [3.63, 3.8) is 0 Å². The molecule has 8 nitrogen and oxygen atoms in total. The van der Waals surface area contributed by atoms with E-state index in [9.17, 15) is 19.2 Å². The molecule has 0 saturated carbocycles. The van der Waals surface area contributed by atoms with Gasteiger partial charge in [-0.1, -0.05) is 45.9 Å². The lowest BCUT2D eigenvalue weighted by molar-refractivity contribution is -0.145. The van der Waals surface area contributed by atoms with E-state index < -0.39 is 24.0 Å². The molecule has 2 aromatic carbocycles. The van der Waals surface area contributed by atoms with Gasteiger partial charge in [0.25, 0.3) is 11.8 Å². The van der Waals surface area contributed by atoms with Gasteiger partial charge in [0.15, 0.2) is 0 Å². The summed E-state index contributed by atoms with van der Waals surface area (Å²) in [5.41, 5.74) is 1.000. The molecule has 2 amide bonds. The largest absolute Gasteiger partial charge is 0.467 e. The standard InChI is InChI=1S/C26H28N2O6S2/c1-33-25(31)19-11-7-15-27(19)23(29)17-9-3-5-13-21(17)35-36-22-14-6-4-10-18(22)24(30)28-16-8-12-20(28)26(32)34-2/h3-6,9-10,13-14,19-20H,7-8,11-12,15-16H2,1-2H3/t19-,20-/m0/s1. The number of benzene rings is 2. The Morgan fingerprint density at radius 3 is 1.47 bits per heavy atom. The van der Waals surface area contributed by atoms with Gasteiger partial charge in [-0.05, 0) is 49.9 Å². The van der Waals surface area contributed by atoms with Crippen LogP contribution in [-0.2, 0) is 19.1 Å². The maximum atomic E-state index is 13.4. The van der Waals surface area contributed by atoms with E-state index in [1.807, 2.05) is 24.3 Å². The van der Waals surface area contributed by atoms with Gasteiger partial charge in [-0.2, -0.15) is 0 Å². The van der Waals surface area contributed by atoms with E-state index in [1.54, 1.807) is 34.1 Å². The van der Waals surface area contributed by atoms with Crippen molar-refractivity contribution in [1.29, 1.82) is 0 Å². The number of carbonyl (C=O) groups excluding carboxylic acids is 4. The van der Waals surface area contributed by atoms with Crippen LogP contribution < -0.4 is 0 Å². The van der Waals surface area contributed by atoms with Gasteiger partial charge in [0.05, 0.1) is 25.3 Å². The third-order valence-electron chi connectivity index (χ3n) is 6.43. The molecule has 2 fully saturated rings. The van der Waals surface area contributed by atoms with Crippen LogP contribution in [-0.4, -0.2) is 72.9 Å². The number of esters is 2. The molecule has 2 heterocycles. The first-order chi connectivity index (χ1) is 17.5. The first-order valence-corrected chi connectivity index (χ1v) is 13.9. The monoisotopic (exact) mass is 528 g/mol. The number of rotatable bonds is 7. The molecule has 2 aliphatic rings. The van der Waals surface area contributed by atoms with Crippen molar-refractivity contribution in [2.45, 2.75) is 47.6 Å². The molecule has 2 saturated heterocycles. The Bertz CT molecular complexity index is 1070. The molecular formula is C26H28N2O6S2. The molecule has 10 heteroatoms. The van der Waals surface area contributed by atoms with E-state index in [0.717, 1.165) is 22.6 Å². The lowest BCUT2D eigenvalue weighted by Gasteiger charge is -2.24. The zero-order valence-corrected chi connectivity index (χ0v) is 21.8. The molecule has 0 radical (unpaired) electrons. The summed E-state index contributed by atoms with van der Waals surface area (Å²) in [7, 11) is 5.42. The van der Waals surface area contributed by atoms with Crippen molar-refractivity contribution >= 4 is 45.3 Å². The van der Waals surface area contributed by atoms with Gasteiger partial charge >= 0.3 is 11.9 Å². The normalized spacial score (nSPS) is 19.3. The molecule has 0 spiro atoms. The van der Waals surface area contributed by atoms with Crippen LogP contribution >= 0.6 is 21.6 Å². The van der Waals surface area contributed by atoms with Gasteiger partial charge in [0.2, 0.25) is 0 Å². The number of nitrogens with zero attached hydrogens (tertiary/aromatic N) is 2. The predicted octanol–water partition coefficient (Wildman–Crippen LogP) is 4.04. The zero-order chi connectivity index (χ0) is 25.7. The molecule has 0 unspecified atom stereocenters. The minimum absolute atomic E-state index is 0.214. The summed E-state index contributed by atoms with van der Waals surface area (Å²) < 4.78 is 9.77. The zero-order valence-electron chi connectivity index (χ0n) is 20.2. The van der Waals surface area contributed by atoms with Crippen LogP contribution in [0, 0.1) is 0 Å². The summed E-state index contributed by atoms with van der Waals surface area (Å²) in [6.45, 7) is 0.999. The second-order valence-electron chi connectivity index (χ2n) is 8.52. The van der Waals surface area contributed by atoms with Crippen molar-refractivity contribution < 1.29 is 28.7 Å². The average molecular weight is 529 g/mol. The average Bonchev–Trinajstić information content (AvgIpc) is 3.61. The van der Waals surface area contributed by atoms with Gasteiger partial charge in [-0.25, -0.2) is 9.59 Å². The van der Waals surface area contributed by atoms with Crippen molar-refractivity contribution in [1.82, 2.24) is 9.80 Å². The molecule has 0 bridgehead atoms. The number of hydrogen-bond donors (Lipinski definition) is 0. The maximum Gasteiger partial charge on any atom is 0.328 e. The summed E-state index contributed by atoms with van der Waals surface area (Å²) in [4.78, 5) is 55.7. The highest BCUT2D eigenvalue weighted by molar-refractivity contribution is 8.76. The topological polar surface area (TPSA) is 93.2 Å². The van der Waals surface area contributed by atoms with E-state index in [2.05, 4.69) is 0 Å². The Morgan fingerprint density at radius 2 is 1.08 bits per heavy atom. The minimum atomic E-state index is -0.574. The fourth-order valence-electron chi connectivity index (χ4n) is 4.61. The summed E-state index contributed by atoms with van der Waals surface area (Å²) >= 11 is 0. The van der Waals surface area contributed by atoms with Gasteiger partial charge in [0.1, 0.15) is 12.1 Å². The Kier molecular flexibility index (Phi) is 8.58. The highest BCUT2D eigenvalue weighted by atomic mass is 33.1. The lowest BCUT2D eigenvalue weighted by atomic mass is 10.1. The minimum Gasteiger partial charge on any atom is -0.467 e.